The van der Waals surface area contributed by atoms with Gasteiger partial charge in [-0.25, -0.2) is 0 Å². The van der Waals surface area contributed by atoms with Gasteiger partial charge < -0.3 is 10.2 Å². The van der Waals surface area contributed by atoms with Gasteiger partial charge in [-0.1, -0.05) is 44.5 Å². The molecule has 1 aromatic carbocycles. The van der Waals surface area contributed by atoms with E-state index >= 15 is 0 Å². The lowest BCUT2D eigenvalue weighted by molar-refractivity contribution is 0.188. The average molecular weight is 311 g/mol. The van der Waals surface area contributed by atoms with Gasteiger partial charge in [-0.15, -0.1) is 0 Å². The molecule has 0 aliphatic rings. The van der Waals surface area contributed by atoms with Crippen LogP contribution in [-0.2, 0) is 0 Å². The Hall–Kier alpha value is -0.570. The van der Waals surface area contributed by atoms with Crippen LogP contribution in [0.1, 0.15) is 52.6 Å². The van der Waals surface area contributed by atoms with E-state index in [9.17, 15) is 0 Å². The number of nitrogens with zero attached hydrogens (tertiary/aromatic N) is 1. The van der Waals surface area contributed by atoms with Crippen LogP contribution in [0.2, 0.25) is 5.02 Å². The summed E-state index contributed by atoms with van der Waals surface area (Å²) in [7, 11) is 0. The SMILES string of the molecule is CCNC(CCN(CC(C)C)C(C)C)c1cccc(Cl)c1. The predicted octanol–water partition coefficient (Wildman–Crippen LogP) is 4.75. The Morgan fingerprint density at radius 1 is 1.19 bits per heavy atom. The molecule has 0 bridgehead atoms. The fourth-order valence-electron chi connectivity index (χ4n) is 2.68. The first-order chi connectivity index (χ1) is 9.93. The fourth-order valence-corrected chi connectivity index (χ4v) is 2.88. The quantitative estimate of drug-likeness (QED) is 0.708. The predicted molar refractivity (Wildman–Crippen MR) is 94.0 cm³/mol. The molecular formula is C18H31ClN2. The Labute approximate surface area is 135 Å². The summed E-state index contributed by atoms with van der Waals surface area (Å²) in [6.45, 7) is 14.5. The molecule has 1 atom stereocenters. The van der Waals surface area contributed by atoms with Crippen molar-refractivity contribution in [3.05, 3.63) is 34.9 Å². The fraction of sp³-hybridized carbons (Fsp3) is 0.667. The molecule has 2 nitrogen and oxygen atoms in total. The van der Waals surface area contributed by atoms with Gasteiger partial charge in [0, 0.05) is 30.2 Å². The van der Waals surface area contributed by atoms with E-state index in [1.165, 1.54) is 5.56 Å². The molecule has 120 valence electrons. The molecule has 0 aliphatic carbocycles. The molecule has 0 saturated heterocycles. The van der Waals surface area contributed by atoms with Crippen LogP contribution >= 0.6 is 11.6 Å². The minimum absolute atomic E-state index is 0.377. The van der Waals surface area contributed by atoms with Gasteiger partial charge in [0.25, 0.3) is 0 Å². The highest BCUT2D eigenvalue weighted by Crippen LogP contribution is 2.21. The van der Waals surface area contributed by atoms with Gasteiger partial charge in [-0.2, -0.15) is 0 Å². The Balaban J connectivity index is 2.69. The smallest absolute Gasteiger partial charge is 0.0409 e. The average Bonchev–Trinajstić information content (AvgIpc) is 2.41. The third kappa shape index (κ3) is 6.82. The number of halogens is 1. The third-order valence-corrected chi connectivity index (χ3v) is 3.97. The number of hydrogen-bond acceptors (Lipinski definition) is 2. The van der Waals surface area contributed by atoms with Crippen LogP contribution in [0.25, 0.3) is 0 Å². The molecule has 0 heterocycles. The third-order valence-electron chi connectivity index (χ3n) is 3.74. The molecule has 1 aromatic rings. The van der Waals surface area contributed by atoms with E-state index < -0.39 is 0 Å². The molecule has 1 unspecified atom stereocenters. The second-order valence-electron chi connectivity index (χ2n) is 6.44. The highest BCUT2D eigenvalue weighted by atomic mass is 35.5. The summed E-state index contributed by atoms with van der Waals surface area (Å²) in [6, 6.07) is 9.19. The Bertz CT molecular complexity index is 404. The van der Waals surface area contributed by atoms with Crippen molar-refractivity contribution in [1.29, 1.82) is 0 Å². The van der Waals surface area contributed by atoms with Crippen LogP contribution in [-0.4, -0.2) is 30.6 Å². The van der Waals surface area contributed by atoms with Crippen LogP contribution in [0.5, 0.6) is 0 Å². The van der Waals surface area contributed by atoms with E-state index in [1.807, 2.05) is 12.1 Å². The summed E-state index contributed by atoms with van der Waals surface area (Å²) in [5.74, 6) is 0.705. The Morgan fingerprint density at radius 2 is 1.90 bits per heavy atom. The van der Waals surface area contributed by atoms with Crippen LogP contribution in [0.15, 0.2) is 24.3 Å². The van der Waals surface area contributed by atoms with Crippen molar-refractivity contribution >= 4 is 11.6 Å². The standard InChI is InChI=1S/C18H31ClN2/c1-6-20-18(16-8-7-9-17(19)12-16)10-11-21(15(4)5)13-14(2)3/h7-9,12,14-15,18,20H,6,10-11,13H2,1-5H3. The molecular weight excluding hydrogens is 280 g/mol. The minimum atomic E-state index is 0.377. The van der Waals surface area contributed by atoms with Crippen molar-refractivity contribution in [2.24, 2.45) is 5.92 Å². The number of hydrogen-bond donors (Lipinski definition) is 1. The largest absolute Gasteiger partial charge is 0.310 e. The van der Waals surface area contributed by atoms with E-state index in [0.29, 0.717) is 18.0 Å². The number of rotatable bonds is 9. The highest BCUT2D eigenvalue weighted by molar-refractivity contribution is 6.30. The summed E-state index contributed by atoms with van der Waals surface area (Å²) < 4.78 is 0. The molecule has 0 saturated carbocycles. The zero-order valence-electron chi connectivity index (χ0n) is 14.2. The maximum atomic E-state index is 6.13. The summed E-state index contributed by atoms with van der Waals surface area (Å²) >= 11 is 6.13. The highest BCUT2D eigenvalue weighted by Gasteiger charge is 2.16. The van der Waals surface area contributed by atoms with Gasteiger partial charge in [0.15, 0.2) is 0 Å². The van der Waals surface area contributed by atoms with Gasteiger partial charge >= 0.3 is 0 Å². The van der Waals surface area contributed by atoms with Crippen LogP contribution < -0.4 is 5.32 Å². The van der Waals surface area contributed by atoms with Gasteiger partial charge in [0.2, 0.25) is 0 Å². The molecule has 1 rings (SSSR count). The molecule has 1 N–H and O–H groups in total. The van der Waals surface area contributed by atoms with E-state index in [-0.39, 0.29) is 0 Å². The summed E-state index contributed by atoms with van der Waals surface area (Å²) in [4.78, 5) is 2.57. The summed E-state index contributed by atoms with van der Waals surface area (Å²) in [5, 5.41) is 4.41. The van der Waals surface area contributed by atoms with E-state index in [2.05, 4.69) is 57.0 Å². The monoisotopic (exact) mass is 310 g/mol. The molecule has 0 aromatic heterocycles. The van der Waals surface area contributed by atoms with Crippen molar-refractivity contribution in [1.82, 2.24) is 10.2 Å². The zero-order chi connectivity index (χ0) is 15.8. The second kappa shape index (κ2) is 9.45. The van der Waals surface area contributed by atoms with Crippen molar-refractivity contribution in [3.63, 3.8) is 0 Å². The topological polar surface area (TPSA) is 15.3 Å². The Morgan fingerprint density at radius 3 is 2.43 bits per heavy atom. The Kier molecular flexibility index (Phi) is 8.31. The minimum Gasteiger partial charge on any atom is -0.310 e. The van der Waals surface area contributed by atoms with E-state index in [4.69, 9.17) is 11.6 Å². The molecule has 0 radical (unpaired) electrons. The van der Waals surface area contributed by atoms with Crippen molar-refractivity contribution < 1.29 is 0 Å². The molecule has 0 spiro atoms. The van der Waals surface area contributed by atoms with E-state index in [0.717, 1.165) is 31.1 Å². The van der Waals surface area contributed by atoms with E-state index in [1.54, 1.807) is 0 Å². The van der Waals surface area contributed by atoms with Crippen molar-refractivity contribution in [2.75, 3.05) is 19.6 Å². The molecule has 21 heavy (non-hydrogen) atoms. The zero-order valence-corrected chi connectivity index (χ0v) is 15.0. The lowest BCUT2D eigenvalue weighted by atomic mass is 10.0. The maximum Gasteiger partial charge on any atom is 0.0409 e. The van der Waals surface area contributed by atoms with Crippen LogP contribution in [0.4, 0.5) is 0 Å². The first kappa shape index (κ1) is 18.5. The van der Waals surface area contributed by atoms with Crippen LogP contribution in [0.3, 0.4) is 0 Å². The molecule has 3 heteroatoms. The normalized spacial score (nSPS) is 13.4. The van der Waals surface area contributed by atoms with Gasteiger partial charge in [-0.05, 0) is 50.4 Å². The second-order valence-corrected chi connectivity index (χ2v) is 6.87. The van der Waals surface area contributed by atoms with Gasteiger partial charge in [-0.3, -0.25) is 0 Å². The maximum absolute atomic E-state index is 6.13. The first-order valence-electron chi connectivity index (χ1n) is 8.16. The number of nitrogens with one attached hydrogen (secondary N) is 1. The van der Waals surface area contributed by atoms with Crippen molar-refractivity contribution in [2.45, 2.75) is 53.1 Å². The summed E-state index contributed by atoms with van der Waals surface area (Å²) in [5.41, 5.74) is 1.29. The molecule has 0 fully saturated rings. The first-order valence-corrected chi connectivity index (χ1v) is 8.54. The lowest BCUT2D eigenvalue weighted by Crippen LogP contribution is -2.37. The lowest BCUT2D eigenvalue weighted by Gasteiger charge is -2.30. The van der Waals surface area contributed by atoms with Crippen molar-refractivity contribution in [3.8, 4) is 0 Å². The van der Waals surface area contributed by atoms with Crippen LogP contribution in [0, 0.1) is 5.92 Å². The number of benzene rings is 1. The molecule has 0 aliphatic heterocycles. The summed E-state index contributed by atoms with van der Waals surface area (Å²) in [6.07, 6.45) is 1.11. The van der Waals surface area contributed by atoms with Gasteiger partial charge in [0.05, 0.1) is 0 Å². The molecule has 0 amide bonds. The van der Waals surface area contributed by atoms with Gasteiger partial charge in [0.1, 0.15) is 0 Å².